The second-order valence-corrected chi connectivity index (χ2v) is 8.75. The van der Waals surface area contributed by atoms with E-state index in [1.54, 1.807) is 24.3 Å². The van der Waals surface area contributed by atoms with Crippen LogP contribution in [0.25, 0.3) is 10.8 Å². The van der Waals surface area contributed by atoms with Gasteiger partial charge in [-0.05, 0) is 39.9 Å². The third-order valence-corrected chi connectivity index (χ3v) is 5.87. The maximum atomic E-state index is 12.9. The monoisotopic (exact) mass is 494 g/mol. The lowest BCUT2D eigenvalue weighted by Gasteiger charge is -2.17. The van der Waals surface area contributed by atoms with Gasteiger partial charge in [-0.15, -0.1) is 10.2 Å². The lowest BCUT2D eigenvalue weighted by molar-refractivity contribution is -0.384. The topological polar surface area (TPSA) is 170 Å². The van der Waals surface area contributed by atoms with Gasteiger partial charge in [0.1, 0.15) is 11.4 Å². The lowest BCUT2D eigenvalue weighted by Crippen LogP contribution is -2.08. The number of hydrogen-bond acceptors (Lipinski definition) is 8. The van der Waals surface area contributed by atoms with Crippen LogP contribution in [0.3, 0.4) is 0 Å². The second-order valence-electron chi connectivity index (χ2n) is 7.28. The molecule has 0 aromatic heterocycles. The van der Waals surface area contributed by atoms with Gasteiger partial charge in [0.15, 0.2) is 5.75 Å². The highest BCUT2D eigenvalue weighted by Gasteiger charge is 2.26. The van der Waals surface area contributed by atoms with Crippen molar-refractivity contribution in [3.8, 4) is 11.5 Å². The first kappa shape index (κ1) is 23.8. The molecule has 0 heterocycles. The number of nitro benzene ring substituents is 1. The number of azo groups is 1. The van der Waals surface area contributed by atoms with Crippen molar-refractivity contribution in [1.82, 2.24) is 0 Å². The molecule has 4 aromatic rings. The smallest absolute Gasteiger partial charge is 0.386 e. The molecule has 4 aromatic carbocycles. The van der Waals surface area contributed by atoms with Crippen LogP contribution in [-0.2, 0) is 14.7 Å². The Bertz CT molecular complexity index is 1500. The van der Waals surface area contributed by atoms with E-state index in [-0.39, 0.29) is 33.6 Å². The van der Waals surface area contributed by atoms with Gasteiger partial charge >= 0.3 is 10.5 Å². The molecule has 0 spiro atoms. The fourth-order valence-corrected chi connectivity index (χ4v) is 3.92. The fourth-order valence-electron chi connectivity index (χ4n) is 3.38. The molecule has 0 aliphatic rings. The molecule has 35 heavy (non-hydrogen) atoms. The number of benzene rings is 4. The van der Waals surface area contributed by atoms with Crippen molar-refractivity contribution in [2.24, 2.45) is 10.2 Å². The first-order chi connectivity index (χ1) is 16.7. The predicted octanol–water partition coefficient (Wildman–Crippen LogP) is 5.79. The summed E-state index contributed by atoms with van der Waals surface area (Å²) in [5.74, 6) is -0.555. The molecule has 178 valence electrons. The van der Waals surface area contributed by atoms with Gasteiger partial charge in [-0.2, -0.15) is 9.11 Å². The van der Waals surface area contributed by atoms with Crippen LogP contribution in [0.4, 0.5) is 28.4 Å². The predicted molar refractivity (Wildman–Crippen MR) is 129 cm³/mol. The van der Waals surface area contributed by atoms with E-state index in [9.17, 15) is 28.5 Å². The van der Waals surface area contributed by atoms with E-state index in [1.165, 1.54) is 31.4 Å². The molecule has 12 heteroatoms. The van der Waals surface area contributed by atoms with Gasteiger partial charge < -0.3 is 15.2 Å². The molecule has 0 aliphatic carbocycles. The number of methoxy groups -OCH3 is 1. The van der Waals surface area contributed by atoms with Gasteiger partial charge in [0.25, 0.3) is 5.69 Å². The Hall–Kier alpha value is -4.39. The maximum Gasteiger partial charge on any atom is 0.386 e. The molecule has 0 amide bonds. The molecular formula is C23H18N4O7S. The Labute approximate surface area is 199 Å². The van der Waals surface area contributed by atoms with Gasteiger partial charge in [0.05, 0.1) is 23.8 Å². The minimum absolute atomic E-state index is 0.0861. The van der Waals surface area contributed by atoms with Crippen molar-refractivity contribution in [3.05, 3.63) is 82.9 Å². The molecule has 3 N–H and O–H groups in total. The van der Waals surface area contributed by atoms with Gasteiger partial charge in [-0.1, -0.05) is 30.0 Å². The Morgan fingerprint density at radius 1 is 1.00 bits per heavy atom. The van der Waals surface area contributed by atoms with Crippen LogP contribution in [0.1, 0.15) is 0 Å². The highest BCUT2D eigenvalue weighted by Crippen LogP contribution is 2.42. The van der Waals surface area contributed by atoms with E-state index < -0.39 is 26.1 Å². The largest absolute Gasteiger partial charge is 0.872 e. The molecule has 0 aliphatic heterocycles. The first-order valence-electron chi connectivity index (χ1n) is 10.0. The van der Waals surface area contributed by atoms with Crippen LogP contribution in [-0.4, -0.2) is 21.1 Å². The van der Waals surface area contributed by atoms with Crippen LogP contribution in [0.2, 0.25) is 0 Å². The number of rotatable bonds is 7. The zero-order chi connectivity index (χ0) is 25.2. The number of para-hydroxylation sites is 1. The van der Waals surface area contributed by atoms with E-state index in [1.807, 2.05) is 18.2 Å². The summed E-state index contributed by atoms with van der Waals surface area (Å²) < 4.78 is 35.9. The number of nitrogens with zero attached hydrogens (tertiary/aromatic N) is 3. The SMILES string of the molecule is COc1cc([N+](=O)[O-])ccc1N=Nc1c(Nc2ccccc2)ccc2cc([S+](=O)(O)O)cc([O-])c12. The van der Waals surface area contributed by atoms with Crippen LogP contribution in [0.15, 0.2) is 87.9 Å². The zero-order valence-electron chi connectivity index (χ0n) is 18.1. The van der Waals surface area contributed by atoms with Gasteiger partial charge in [0.2, 0.25) is 4.90 Å². The number of non-ortho nitro benzene ring substituents is 1. The Kier molecular flexibility index (Phi) is 6.42. The summed E-state index contributed by atoms with van der Waals surface area (Å²) in [7, 11) is -3.02. The average molecular weight is 494 g/mol. The minimum Gasteiger partial charge on any atom is -0.872 e. The van der Waals surface area contributed by atoms with Crippen LogP contribution < -0.4 is 15.2 Å². The lowest BCUT2D eigenvalue weighted by atomic mass is 10.1. The Morgan fingerprint density at radius 3 is 2.40 bits per heavy atom. The van der Waals surface area contributed by atoms with Crippen molar-refractivity contribution >= 4 is 49.7 Å². The molecule has 4 rings (SSSR count). The minimum atomic E-state index is -4.35. The molecular weight excluding hydrogens is 476 g/mol. The molecule has 0 bridgehead atoms. The highest BCUT2D eigenvalue weighted by molar-refractivity contribution is 7.92. The summed E-state index contributed by atoms with van der Waals surface area (Å²) >= 11 is 0. The molecule has 0 unspecified atom stereocenters. The number of nitro groups is 1. The van der Waals surface area contributed by atoms with E-state index in [4.69, 9.17) is 4.74 Å². The van der Waals surface area contributed by atoms with Gasteiger partial charge in [-0.25, -0.2) is 0 Å². The second kappa shape index (κ2) is 9.46. The summed E-state index contributed by atoms with van der Waals surface area (Å²) in [6, 6.07) is 18.1. The third kappa shape index (κ3) is 5.09. The summed E-state index contributed by atoms with van der Waals surface area (Å²) in [4.78, 5) is 10.1. The van der Waals surface area contributed by atoms with Crippen molar-refractivity contribution in [1.29, 1.82) is 0 Å². The van der Waals surface area contributed by atoms with Crippen LogP contribution >= 0.6 is 0 Å². The number of fused-ring (bicyclic) bond motifs is 1. The molecule has 0 saturated carbocycles. The fraction of sp³-hybridized carbons (Fsp3) is 0.0435. The molecule has 0 saturated heterocycles. The van der Waals surface area contributed by atoms with Gasteiger partial charge in [-0.3, -0.25) is 10.1 Å². The van der Waals surface area contributed by atoms with E-state index in [2.05, 4.69) is 15.5 Å². The van der Waals surface area contributed by atoms with E-state index in [0.717, 1.165) is 6.07 Å². The standard InChI is InChI=1S/C23H18N4O7S/c1-34-21-12-16(27(29)30)8-10-18(21)25-26-23-19(24-15-5-3-2-4-6-15)9-7-14-11-17(35(31,32)33)13-20(28)22(14)23/h2-13H,1H3,(H3-,24,25,26,28,31,32,33). The zero-order valence-corrected chi connectivity index (χ0v) is 18.9. The summed E-state index contributed by atoms with van der Waals surface area (Å²) in [6.07, 6.45) is 0. The molecule has 0 fully saturated rings. The van der Waals surface area contributed by atoms with Crippen LogP contribution in [0, 0.1) is 10.1 Å². The number of nitrogens with one attached hydrogen (secondary N) is 1. The number of ether oxygens (including phenoxy) is 1. The Morgan fingerprint density at radius 2 is 1.74 bits per heavy atom. The average Bonchev–Trinajstić information content (AvgIpc) is 2.83. The van der Waals surface area contributed by atoms with Gasteiger partial charge in [0, 0.05) is 23.2 Å². The first-order valence-corrected chi connectivity index (χ1v) is 11.5. The Balaban J connectivity index is 1.90. The van der Waals surface area contributed by atoms with Crippen molar-refractivity contribution in [2.75, 3.05) is 12.4 Å². The molecule has 0 radical (unpaired) electrons. The number of hydrogen-bond donors (Lipinski definition) is 3. The van der Waals surface area contributed by atoms with Crippen molar-refractivity contribution < 1.29 is 28.1 Å². The van der Waals surface area contributed by atoms with Crippen molar-refractivity contribution in [3.63, 3.8) is 0 Å². The summed E-state index contributed by atoms with van der Waals surface area (Å²) in [5.41, 5.74) is 1.22. The van der Waals surface area contributed by atoms with E-state index >= 15 is 0 Å². The molecule has 11 nitrogen and oxygen atoms in total. The highest BCUT2D eigenvalue weighted by atomic mass is 32.3. The maximum absolute atomic E-state index is 12.9. The van der Waals surface area contributed by atoms with E-state index in [0.29, 0.717) is 11.4 Å². The number of anilines is 2. The summed E-state index contributed by atoms with van der Waals surface area (Å²) in [5, 5.41) is 35.9. The molecule has 0 atom stereocenters. The normalized spacial score (nSPS) is 11.6. The van der Waals surface area contributed by atoms with Crippen LogP contribution in [0.5, 0.6) is 11.5 Å². The third-order valence-electron chi connectivity index (χ3n) is 5.02. The summed E-state index contributed by atoms with van der Waals surface area (Å²) in [6.45, 7) is 0. The quantitative estimate of drug-likeness (QED) is 0.125. The van der Waals surface area contributed by atoms with Crippen molar-refractivity contribution in [2.45, 2.75) is 4.90 Å².